The predicted molar refractivity (Wildman–Crippen MR) is 80.8 cm³/mol. The number of hydrogen-bond donors (Lipinski definition) is 2. The van der Waals surface area contributed by atoms with E-state index in [4.69, 9.17) is 10.5 Å². The standard InChI is InChI=1S/C17H23NO4/c1-9-12-11(13(20)16(4,21)17(9)5-6-17)7-15(3,8-18)14(12)22-10(2)19/h7,14,21H,5-6,8,18H2,1-4H3. The maximum atomic E-state index is 12.8. The van der Waals surface area contributed by atoms with Crippen molar-refractivity contribution in [1.29, 1.82) is 0 Å². The maximum absolute atomic E-state index is 12.8. The molecule has 1 spiro atoms. The summed E-state index contributed by atoms with van der Waals surface area (Å²) in [7, 11) is 0. The molecule has 0 heterocycles. The molecule has 5 heteroatoms. The second kappa shape index (κ2) is 4.30. The molecule has 22 heavy (non-hydrogen) atoms. The lowest BCUT2D eigenvalue weighted by Gasteiger charge is -2.40. The Morgan fingerprint density at radius 1 is 1.45 bits per heavy atom. The van der Waals surface area contributed by atoms with Crippen LogP contribution >= 0.6 is 0 Å². The molecule has 3 atom stereocenters. The molecular formula is C17H23NO4. The molecule has 0 radical (unpaired) electrons. The number of esters is 1. The Bertz CT molecular complexity index is 639. The van der Waals surface area contributed by atoms with Crippen LogP contribution in [0.3, 0.4) is 0 Å². The lowest BCUT2D eigenvalue weighted by atomic mass is 9.67. The van der Waals surface area contributed by atoms with Gasteiger partial charge in [-0.25, -0.2) is 0 Å². The van der Waals surface area contributed by atoms with Crippen LogP contribution in [0.15, 0.2) is 22.8 Å². The van der Waals surface area contributed by atoms with Gasteiger partial charge in [-0.1, -0.05) is 18.6 Å². The molecule has 3 N–H and O–H groups in total. The van der Waals surface area contributed by atoms with E-state index >= 15 is 0 Å². The summed E-state index contributed by atoms with van der Waals surface area (Å²) in [6, 6.07) is 0. The van der Waals surface area contributed by atoms with E-state index in [2.05, 4.69) is 0 Å². The minimum atomic E-state index is -1.40. The Kier molecular flexibility index (Phi) is 3.01. The van der Waals surface area contributed by atoms with Crippen molar-refractivity contribution >= 4 is 11.8 Å². The number of rotatable bonds is 2. The Morgan fingerprint density at radius 2 is 2.05 bits per heavy atom. The molecule has 1 saturated carbocycles. The number of ether oxygens (including phenoxy) is 1. The van der Waals surface area contributed by atoms with Crippen molar-refractivity contribution in [3.8, 4) is 0 Å². The Labute approximate surface area is 130 Å². The highest BCUT2D eigenvalue weighted by Gasteiger charge is 2.67. The topological polar surface area (TPSA) is 89.6 Å². The summed E-state index contributed by atoms with van der Waals surface area (Å²) in [5.41, 5.74) is 5.57. The van der Waals surface area contributed by atoms with Crippen LogP contribution in [-0.4, -0.2) is 35.1 Å². The first kappa shape index (κ1) is 15.4. The van der Waals surface area contributed by atoms with Crippen molar-refractivity contribution < 1.29 is 19.4 Å². The van der Waals surface area contributed by atoms with E-state index in [0.29, 0.717) is 5.57 Å². The molecule has 0 aromatic rings. The van der Waals surface area contributed by atoms with Crippen LogP contribution < -0.4 is 5.73 Å². The summed E-state index contributed by atoms with van der Waals surface area (Å²) in [5, 5.41) is 10.8. The molecule has 0 aliphatic heterocycles. The molecule has 0 aromatic carbocycles. The zero-order valence-corrected chi connectivity index (χ0v) is 13.5. The highest BCUT2D eigenvalue weighted by atomic mass is 16.5. The fraction of sp³-hybridized carbons (Fsp3) is 0.647. The monoisotopic (exact) mass is 305 g/mol. The van der Waals surface area contributed by atoms with E-state index in [1.54, 1.807) is 13.0 Å². The summed E-state index contributed by atoms with van der Waals surface area (Å²) in [6.45, 7) is 7.04. The van der Waals surface area contributed by atoms with Crippen LogP contribution in [-0.2, 0) is 14.3 Å². The summed E-state index contributed by atoms with van der Waals surface area (Å²) in [5.74, 6) is -0.672. The summed E-state index contributed by atoms with van der Waals surface area (Å²) in [6.07, 6.45) is 2.79. The summed E-state index contributed by atoms with van der Waals surface area (Å²) >= 11 is 0. The van der Waals surface area contributed by atoms with E-state index in [0.717, 1.165) is 24.0 Å². The smallest absolute Gasteiger partial charge is 0.303 e. The lowest BCUT2D eigenvalue weighted by Crippen LogP contribution is -2.50. The average molecular weight is 305 g/mol. The summed E-state index contributed by atoms with van der Waals surface area (Å²) in [4.78, 5) is 24.4. The number of ketones is 1. The van der Waals surface area contributed by atoms with Crippen molar-refractivity contribution in [3.63, 3.8) is 0 Å². The molecule has 0 aromatic heterocycles. The van der Waals surface area contributed by atoms with Gasteiger partial charge in [-0.15, -0.1) is 0 Å². The molecular weight excluding hydrogens is 282 g/mol. The Morgan fingerprint density at radius 3 is 2.50 bits per heavy atom. The van der Waals surface area contributed by atoms with Crippen LogP contribution in [0.4, 0.5) is 0 Å². The third-order valence-corrected chi connectivity index (χ3v) is 5.84. The first-order chi connectivity index (χ1) is 10.1. The summed E-state index contributed by atoms with van der Waals surface area (Å²) < 4.78 is 5.53. The maximum Gasteiger partial charge on any atom is 0.303 e. The predicted octanol–water partition coefficient (Wildman–Crippen LogP) is 1.25. The Hall–Kier alpha value is -1.46. The number of carbonyl (C=O) groups is 2. The zero-order valence-electron chi connectivity index (χ0n) is 13.5. The fourth-order valence-corrected chi connectivity index (χ4v) is 4.16. The normalized spacial score (nSPS) is 38.9. The van der Waals surface area contributed by atoms with Gasteiger partial charge in [0, 0.05) is 35.4 Å². The van der Waals surface area contributed by atoms with Crippen LogP contribution in [0.5, 0.6) is 0 Å². The number of Topliss-reactive ketones (excluding diaryl/α,β-unsaturated/α-hetero) is 1. The van der Waals surface area contributed by atoms with Crippen molar-refractivity contribution in [2.24, 2.45) is 16.6 Å². The number of fused-ring (bicyclic) bond motifs is 1. The first-order valence-electron chi connectivity index (χ1n) is 7.70. The second-order valence-electron chi connectivity index (χ2n) is 7.28. The molecule has 0 saturated heterocycles. The van der Waals surface area contributed by atoms with E-state index in [1.165, 1.54) is 6.92 Å². The van der Waals surface area contributed by atoms with Gasteiger partial charge in [0.15, 0.2) is 5.78 Å². The van der Waals surface area contributed by atoms with Gasteiger partial charge in [0.05, 0.1) is 0 Å². The fourth-order valence-electron chi connectivity index (χ4n) is 4.16. The van der Waals surface area contributed by atoms with Gasteiger partial charge in [-0.3, -0.25) is 9.59 Å². The quantitative estimate of drug-likeness (QED) is 0.750. The number of carbonyl (C=O) groups excluding carboxylic acids is 2. The Balaban J connectivity index is 2.22. The first-order valence-corrected chi connectivity index (χ1v) is 7.70. The van der Waals surface area contributed by atoms with Gasteiger partial charge in [0.1, 0.15) is 11.7 Å². The largest absolute Gasteiger partial charge is 0.457 e. The molecule has 1 fully saturated rings. The van der Waals surface area contributed by atoms with Crippen LogP contribution in [0, 0.1) is 10.8 Å². The van der Waals surface area contributed by atoms with Crippen molar-refractivity contribution in [2.45, 2.75) is 52.2 Å². The molecule has 3 aliphatic rings. The van der Waals surface area contributed by atoms with Crippen LogP contribution in [0.1, 0.15) is 40.5 Å². The van der Waals surface area contributed by atoms with Crippen LogP contribution in [0.25, 0.3) is 0 Å². The van der Waals surface area contributed by atoms with Crippen LogP contribution in [0.2, 0.25) is 0 Å². The zero-order chi connectivity index (χ0) is 16.5. The molecule has 0 bridgehead atoms. The third-order valence-electron chi connectivity index (χ3n) is 5.84. The molecule has 5 nitrogen and oxygen atoms in total. The van der Waals surface area contributed by atoms with Gasteiger partial charge < -0.3 is 15.6 Å². The molecule has 120 valence electrons. The SMILES string of the molecule is CC(=O)OC1C2=C(C)C3(CC3)C(C)(O)C(=O)C2=CC1(C)CN. The minimum Gasteiger partial charge on any atom is -0.457 e. The number of hydrogen-bond acceptors (Lipinski definition) is 5. The average Bonchev–Trinajstić information content (AvgIpc) is 3.19. The highest BCUT2D eigenvalue weighted by molar-refractivity contribution is 6.09. The van der Waals surface area contributed by atoms with E-state index in [-0.39, 0.29) is 12.3 Å². The third kappa shape index (κ3) is 1.66. The highest BCUT2D eigenvalue weighted by Crippen LogP contribution is 2.65. The minimum absolute atomic E-state index is 0.258. The van der Waals surface area contributed by atoms with Crippen molar-refractivity contribution in [1.82, 2.24) is 0 Å². The van der Waals surface area contributed by atoms with Gasteiger partial charge in [0.2, 0.25) is 0 Å². The van der Waals surface area contributed by atoms with Gasteiger partial charge >= 0.3 is 5.97 Å². The molecule has 3 unspecified atom stereocenters. The molecule has 3 aliphatic carbocycles. The molecule has 0 amide bonds. The number of nitrogens with two attached hydrogens (primary N) is 1. The second-order valence-corrected chi connectivity index (χ2v) is 7.28. The van der Waals surface area contributed by atoms with Gasteiger partial charge in [-0.2, -0.15) is 0 Å². The lowest BCUT2D eigenvalue weighted by molar-refractivity contribution is -0.148. The van der Waals surface area contributed by atoms with Crippen molar-refractivity contribution in [3.05, 3.63) is 22.8 Å². The van der Waals surface area contributed by atoms with E-state index in [9.17, 15) is 14.7 Å². The van der Waals surface area contributed by atoms with E-state index in [1.807, 2.05) is 13.8 Å². The van der Waals surface area contributed by atoms with E-state index < -0.39 is 28.5 Å². The van der Waals surface area contributed by atoms with Gasteiger partial charge in [0.25, 0.3) is 0 Å². The van der Waals surface area contributed by atoms with Crippen molar-refractivity contribution in [2.75, 3.05) is 6.54 Å². The van der Waals surface area contributed by atoms with Gasteiger partial charge in [-0.05, 0) is 26.7 Å². The molecule has 3 rings (SSSR count). The number of aliphatic hydroxyl groups is 1.